The predicted octanol–water partition coefficient (Wildman–Crippen LogP) is 2.52. The number of quaternary nitrogens is 1. The van der Waals surface area contributed by atoms with Gasteiger partial charge in [-0.15, -0.1) is 11.3 Å². The van der Waals surface area contributed by atoms with Crippen LogP contribution in [-0.2, 0) is 12.8 Å². The molecule has 0 spiro atoms. The Morgan fingerprint density at radius 3 is 2.94 bits per heavy atom. The first-order chi connectivity index (χ1) is 15.4. The van der Waals surface area contributed by atoms with Crippen LogP contribution in [0, 0.1) is 10.6 Å². The molecule has 10 heteroatoms. The molecule has 2 aromatic heterocycles. The minimum atomic E-state index is 0.0104. The van der Waals surface area contributed by atoms with Crippen LogP contribution in [-0.4, -0.2) is 47.9 Å². The second-order valence-electron chi connectivity index (χ2n) is 8.17. The Hall–Kier alpha value is -2.79. The smallest absolute Gasteiger partial charge is 0.144 e. The summed E-state index contributed by atoms with van der Waals surface area (Å²) in [6, 6.07) is 3.57. The third-order valence-corrected chi connectivity index (χ3v) is 6.85. The molecule has 2 heterocycles. The van der Waals surface area contributed by atoms with Gasteiger partial charge >= 0.3 is 0 Å². The van der Waals surface area contributed by atoms with E-state index in [-0.39, 0.29) is 11.2 Å². The molecule has 0 fully saturated rings. The summed E-state index contributed by atoms with van der Waals surface area (Å²) in [5.41, 5.74) is 9.11. The van der Waals surface area contributed by atoms with Gasteiger partial charge in [0.05, 0.1) is 17.7 Å². The molecule has 0 saturated heterocycles. The number of anilines is 3. The molecule has 0 amide bonds. The zero-order chi connectivity index (χ0) is 22.8. The summed E-state index contributed by atoms with van der Waals surface area (Å²) >= 11 is 1.64. The van der Waals surface area contributed by atoms with E-state index in [4.69, 9.17) is 15.9 Å². The number of aromatic nitrogens is 2. The molecule has 0 bridgehead atoms. The third-order valence-electron chi connectivity index (χ3n) is 5.69. The molecule has 2 unspecified atom stereocenters. The van der Waals surface area contributed by atoms with Gasteiger partial charge in [0.25, 0.3) is 0 Å². The molecule has 170 valence electrons. The maximum atomic E-state index is 12.5. The van der Waals surface area contributed by atoms with Gasteiger partial charge in [-0.3, -0.25) is 5.17 Å². The standard InChI is InChI=1S/C22H29N7O2S/c1-4-7-31-18-10-16(24)13(11-23)8-17(18)27-21-20-15-6-5-14(29(30)28(2)3)9-19(15)32-22(20)26-12-25-21/h8,10-12,14,23,29H,4-7,9,24H2,1-3H3,(H,25,26,27). The zero-order valence-electron chi connectivity index (χ0n) is 18.6. The van der Waals surface area contributed by atoms with E-state index < -0.39 is 0 Å². The van der Waals surface area contributed by atoms with Crippen molar-refractivity contribution in [3.05, 3.63) is 39.7 Å². The summed E-state index contributed by atoms with van der Waals surface area (Å²) in [5, 5.41) is 26.4. The molecule has 2 atom stereocenters. The zero-order valence-corrected chi connectivity index (χ0v) is 19.4. The van der Waals surface area contributed by atoms with Gasteiger partial charge in [-0.25, -0.2) is 9.97 Å². The van der Waals surface area contributed by atoms with Crippen LogP contribution in [0.15, 0.2) is 18.5 Å². The number of nitrogens with two attached hydrogens (primary N) is 1. The van der Waals surface area contributed by atoms with Crippen molar-refractivity contribution in [2.75, 3.05) is 31.8 Å². The summed E-state index contributed by atoms with van der Waals surface area (Å²) in [6.07, 6.45) is 6.01. The van der Waals surface area contributed by atoms with Gasteiger partial charge in [0, 0.05) is 55.3 Å². The molecule has 0 aliphatic heterocycles. The molecule has 32 heavy (non-hydrogen) atoms. The average Bonchev–Trinajstić information content (AvgIpc) is 3.16. The molecular formula is C22H29N7O2S. The number of benzene rings is 1. The van der Waals surface area contributed by atoms with E-state index in [1.54, 1.807) is 28.7 Å². The van der Waals surface area contributed by atoms with Crippen LogP contribution in [0.3, 0.4) is 0 Å². The van der Waals surface area contributed by atoms with Crippen LogP contribution in [0.5, 0.6) is 5.75 Å². The number of hydrogen-bond donors (Lipinski definition) is 4. The van der Waals surface area contributed by atoms with E-state index in [1.807, 2.05) is 27.1 Å². The van der Waals surface area contributed by atoms with Gasteiger partial charge in [-0.1, -0.05) is 6.92 Å². The van der Waals surface area contributed by atoms with E-state index in [2.05, 4.69) is 15.3 Å². The summed E-state index contributed by atoms with van der Waals surface area (Å²) in [7, 11) is 3.62. The Labute approximate surface area is 191 Å². The molecule has 1 aliphatic carbocycles. The summed E-state index contributed by atoms with van der Waals surface area (Å²) < 4.78 is 5.91. The average molecular weight is 456 g/mol. The molecule has 1 aliphatic rings. The van der Waals surface area contributed by atoms with E-state index in [0.29, 0.717) is 35.1 Å². The van der Waals surface area contributed by atoms with Crippen LogP contribution in [0.2, 0.25) is 0 Å². The quantitative estimate of drug-likeness (QED) is 0.233. The molecule has 5 N–H and O–H groups in total. The number of hydroxylamine groups is 1. The monoisotopic (exact) mass is 455 g/mol. The molecule has 0 saturated carbocycles. The first-order valence-electron chi connectivity index (χ1n) is 10.7. The van der Waals surface area contributed by atoms with Crippen molar-refractivity contribution in [2.45, 2.75) is 38.6 Å². The Kier molecular flexibility index (Phi) is 6.56. The topological polar surface area (TPSA) is 128 Å². The molecular weight excluding hydrogens is 426 g/mol. The fourth-order valence-corrected chi connectivity index (χ4v) is 5.34. The fourth-order valence-electron chi connectivity index (χ4n) is 4.07. The van der Waals surface area contributed by atoms with Gasteiger partial charge < -0.3 is 26.4 Å². The number of nitrogen functional groups attached to an aromatic ring is 1. The lowest BCUT2D eigenvalue weighted by Gasteiger charge is -2.37. The highest BCUT2D eigenvalue weighted by atomic mass is 32.1. The van der Waals surface area contributed by atoms with Crippen molar-refractivity contribution in [2.24, 2.45) is 0 Å². The lowest BCUT2D eigenvalue weighted by atomic mass is 9.93. The molecule has 0 radical (unpaired) electrons. The SMILES string of the molecule is CCCOc1cc(N)c(C=N)cc1Nc1ncnc2sc3c(c12)CCC([NH+]([O-])N(C)C)C3. The number of aryl methyl sites for hydroxylation is 1. The molecule has 1 aromatic carbocycles. The normalized spacial score (nSPS) is 16.7. The number of nitrogens with zero attached hydrogens (tertiary/aromatic N) is 3. The molecule has 9 nitrogen and oxygen atoms in total. The largest absolute Gasteiger partial charge is 0.613 e. The van der Waals surface area contributed by atoms with Crippen molar-refractivity contribution < 1.29 is 9.91 Å². The Morgan fingerprint density at radius 2 is 2.22 bits per heavy atom. The Bertz CT molecular complexity index is 1130. The van der Waals surface area contributed by atoms with Gasteiger partial charge in [0.2, 0.25) is 0 Å². The maximum Gasteiger partial charge on any atom is 0.144 e. The summed E-state index contributed by atoms with van der Waals surface area (Å²) in [5.74, 6) is 1.33. The molecule has 3 aromatic rings. The van der Waals surface area contributed by atoms with Crippen LogP contribution in [0.25, 0.3) is 10.2 Å². The fraction of sp³-hybridized carbons (Fsp3) is 0.409. The number of hydrogen-bond acceptors (Lipinski definition) is 9. The lowest BCUT2D eigenvalue weighted by Crippen LogP contribution is -3.17. The predicted molar refractivity (Wildman–Crippen MR) is 129 cm³/mol. The second kappa shape index (κ2) is 9.37. The van der Waals surface area contributed by atoms with Crippen molar-refractivity contribution in [3.63, 3.8) is 0 Å². The number of rotatable bonds is 8. The van der Waals surface area contributed by atoms with E-state index in [0.717, 1.165) is 35.9 Å². The van der Waals surface area contributed by atoms with Gasteiger partial charge in [0.1, 0.15) is 28.8 Å². The van der Waals surface area contributed by atoms with Gasteiger partial charge in [0.15, 0.2) is 0 Å². The van der Waals surface area contributed by atoms with Crippen molar-refractivity contribution >= 4 is 45.0 Å². The summed E-state index contributed by atoms with van der Waals surface area (Å²) in [4.78, 5) is 11.1. The van der Waals surface area contributed by atoms with Crippen molar-refractivity contribution in [3.8, 4) is 5.75 Å². The van der Waals surface area contributed by atoms with Crippen LogP contribution in [0.1, 0.15) is 35.8 Å². The Balaban J connectivity index is 1.72. The first-order valence-corrected chi connectivity index (χ1v) is 11.5. The summed E-state index contributed by atoms with van der Waals surface area (Å²) in [6.45, 7) is 2.61. The minimum Gasteiger partial charge on any atom is -0.613 e. The van der Waals surface area contributed by atoms with Crippen LogP contribution in [0.4, 0.5) is 17.2 Å². The van der Waals surface area contributed by atoms with E-state index >= 15 is 0 Å². The van der Waals surface area contributed by atoms with Gasteiger partial charge in [-0.2, -0.15) is 5.01 Å². The Morgan fingerprint density at radius 1 is 1.41 bits per heavy atom. The third kappa shape index (κ3) is 4.26. The van der Waals surface area contributed by atoms with Crippen LogP contribution < -0.4 is 21.0 Å². The van der Waals surface area contributed by atoms with Gasteiger partial charge in [-0.05, 0) is 24.5 Å². The number of fused-ring (bicyclic) bond motifs is 3. The van der Waals surface area contributed by atoms with Crippen molar-refractivity contribution in [1.29, 1.82) is 5.41 Å². The minimum absolute atomic E-state index is 0.0104. The number of nitrogens with one attached hydrogen (secondary N) is 3. The van der Waals surface area contributed by atoms with Crippen LogP contribution >= 0.6 is 11.3 Å². The van der Waals surface area contributed by atoms with E-state index in [9.17, 15) is 5.21 Å². The maximum absolute atomic E-state index is 12.5. The second-order valence-corrected chi connectivity index (χ2v) is 9.26. The first kappa shape index (κ1) is 22.4. The number of ether oxygens (including phenoxy) is 1. The highest BCUT2D eigenvalue weighted by Gasteiger charge is 2.29. The highest BCUT2D eigenvalue weighted by Crippen LogP contribution is 2.40. The number of thiophene rings is 1. The van der Waals surface area contributed by atoms with E-state index in [1.165, 1.54) is 16.7 Å². The lowest BCUT2D eigenvalue weighted by molar-refractivity contribution is -0.988. The highest BCUT2D eigenvalue weighted by molar-refractivity contribution is 7.19. The molecule has 4 rings (SSSR count). The van der Waals surface area contributed by atoms with Crippen molar-refractivity contribution in [1.82, 2.24) is 15.0 Å².